The molecule has 2 aliphatic rings. The molecule has 0 saturated heterocycles. The Balaban J connectivity index is 1.58. The molecule has 1 heterocycles. The molecule has 1 aliphatic carbocycles. The van der Waals surface area contributed by atoms with Gasteiger partial charge in [0.05, 0.1) is 12.3 Å². The highest BCUT2D eigenvalue weighted by atomic mass is 79.9. The van der Waals surface area contributed by atoms with Gasteiger partial charge in [0.25, 0.3) is 0 Å². The van der Waals surface area contributed by atoms with Crippen LogP contribution in [0.25, 0.3) is 0 Å². The minimum Gasteiger partial charge on any atom is -0.257 e. The van der Waals surface area contributed by atoms with Gasteiger partial charge in [-0.15, -0.1) is 0 Å². The fraction of sp³-hybridized carbons (Fsp3) is 0.429. The number of benzene rings is 1. The normalized spacial score (nSPS) is 30.2. The van der Waals surface area contributed by atoms with E-state index in [0.29, 0.717) is 16.1 Å². The number of fused-ring (bicyclic) bond motifs is 1. The van der Waals surface area contributed by atoms with Crippen molar-refractivity contribution in [2.24, 2.45) is 10.1 Å². The molecule has 3 atom stereocenters. The third-order valence-corrected chi connectivity index (χ3v) is 6.13. The van der Waals surface area contributed by atoms with Gasteiger partial charge in [0.1, 0.15) is 0 Å². The van der Waals surface area contributed by atoms with Gasteiger partial charge in [0.2, 0.25) is 0 Å². The summed E-state index contributed by atoms with van der Waals surface area (Å²) in [6, 6.07) is 10.5. The number of amidine groups is 1. The number of rotatable bonds is 2. The molecule has 0 bridgehead atoms. The summed E-state index contributed by atoms with van der Waals surface area (Å²) in [5, 5.41) is 5.79. The van der Waals surface area contributed by atoms with Gasteiger partial charge in [-0.25, -0.2) is 0 Å². The molecule has 100 valence electrons. The van der Waals surface area contributed by atoms with Gasteiger partial charge < -0.3 is 0 Å². The van der Waals surface area contributed by atoms with E-state index in [-0.39, 0.29) is 0 Å². The summed E-state index contributed by atoms with van der Waals surface area (Å²) in [7, 11) is 0. The van der Waals surface area contributed by atoms with E-state index in [2.05, 4.69) is 26.5 Å². The summed E-state index contributed by atoms with van der Waals surface area (Å²) in [5.74, 6) is 0. The van der Waals surface area contributed by atoms with Crippen molar-refractivity contribution in [3.8, 4) is 0 Å². The second kappa shape index (κ2) is 6.09. The number of aliphatic imine (C=N–C) groups is 1. The number of thioether (sulfide) groups is 1. The van der Waals surface area contributed by atoms with Crippen molar-refractivity contribution in [1.82, 2.24) is 5.43 Å². The lowest BCUT2D eigenvalue weighted by atomic mass is 9.95. The average Bonchev–Trinajstić information content (AvgIpc) is 2.84. The Morgan fingerprint density at radius 3 is 2.95 bits per heavy atom. The van der Waals surface area contributed by atoms with E-state index in [1.165, 1.54) is 19.3 Å². The van der Waals surface area contributed by atoms with Crippen LogP contribution >= 0.6 is 27.7 Å². The predicted octanol–water partition coefficient (Wildman–Crippen LogP) is 3.40. The zero-order valence-electron chi connectivity index (χ0n) is 10.5. The lowest BCUT2D eigenvalue weighted by Gasteiger charge is -2.27. The van der Waals surface area contributed by atoms with Crippen LogP contribution in [0.3, 0.4) is 0 Å². The van der Waals surface area contributed by atoms with Crippen molar-refractivity contribution in [2.75, 3.05) is 0 Å². The maximum Gasteiger partial charge on any atom is 0.177 e. The molecule has 1 N–H and O–H groups in total. The van der Waals surface area contributed by atoms with E-state index < -0.39 is 0 Å². The Bertz CT molecular complexity index is 489. The van der Waals surface area contributed by atoms with E-state index in [1.54, 1.807) is 0 Å². The lowest BCUT2D eigenvalue weighted by Crippen LogP contribution is -2.31. The van der Waals surface area contributed by atoms with Crippen LogP contribution in [0.4, 0.5) is 0 Å². The summed E-state index contributed by atoms with van der Waals surface area (Å²) in [6.07, 6.45) is 5.55. The van der Waals surface area contributed by atoms with Crippen molar-refractivity contribution >= 4 is 39.1 Å². The van der Waals surface area contributed by atoms with Crippen LogP contribution in [0.5, 0.6) is 0 Å². The van der Waals surface area contributed by atoms with Crippen LogP contribution in [-0.4, -0.2) is 27.5 Å². The Morgan fingerprint density at radius 1 is 1.32 bits per heavy atom. The Labute approximate surface area is 126 Å². The molecule has 1 aromatic rings. The zero-order chi connectivity index (χ0) is 13.1. The molecule has 0 spiro atoms. The van der Waals surface area contributed by atoms with Crippen LogP contribution in [0.15, 0.2) is 40.4 Å². The van der Waals surface area contributed by atoms with Gasteiger partial charge in [-0.2, -0.15) is 5.10 Å². The maximum absolute atomic E-state index is 4.72. The molecular formula is C14H16BrN3S. The van der Waals surface area contributed by atoms with Gasteiger partial charge in [-0.3, -0.25) is 10.4 Å². The van der Waals surface area contributed by atoms with Gasteiger partial charge in [0, 0.05) is 10.1 Å². The van der Waals surface area contributed by atoms with Crippen LogP contribution in [0.1, 0.15) is 24.8 Å². The van der Waals surface area contributed by atoms with Gasteiger partial charge in [-0.1, -0.05) is 64.4 Å². The molecule has 1 saturated carbocycles. The van der Waals surface area contributed by atoms with Crippen molar-refractivity contribution in [2.45, 2.75) is 35.4 Å². The Kier molecular flexibility index (Phi) is 4.23. The van der Waals surface area contributed by atoms with Crippen molar-refractivity contribution in [1.29, 1.82) is 0 Å². The summed E-state index contributed by atoms with van der Waals surface area (Å²) < 4.78 is 0. The van der Waals surface area contributed by atoms with Gasteiger partial charge >= 0.3 is 0 Å². The van der Waals surface area contributed by atoms with E-state index in [1.807, 2.05) is 48.3 Å². The minimum absolute atomic E-state index is 0.456. The number of nitrogens with zero attached hydrogens (tertiary/aromatic N) is 2. The molecule has 3 nitrogen and oxygen atoms in total. The molecule has 19 heavy (non-hydrogen) atoms. The van der Waals surface area contributed by atoms with Crippen molar-refractivity contribution < 1.29 is 0 Å². The Hall–Kier alpha value is -0.810. The SMILES string of the molecule is Br[C@@H]1CCC[C@@H]2N=C(N/N=C\c3ccccc3)S[C@@H]12. The number of hydrazone groups is 1. The highest BCUT2D eigenvalue weighted by Gasteiger charge is 2.37. The van der Waals surface area contributed by atoms with Gasteiger partial charge in [0.15, 0.2) is 5.17 Å². The lowest BCUT2D eigenvalue weighted by molar-refractivity contribution is 0.475. The molecular weight excluding hydrogens is 322 g/mol. The monoisotopic (exact) mass is 337 g/mol. The molecule has 0 amide bonds. The molecule has 0 unspecified atom stereocenters. The number of hydrogen-bond donors (Lipinski definition) is 1. The first kappa shape index (κ1) is 13.2. The maximum atomic E-state index is 4.72. The summed E-state index contributed by atoms with van der Waals surface area (Å²) in [6.45, 7) is 0. The first-order chi connectivity index (χ1) is 9.33. The highest BCUT2D eigenvalue weighted by Crippen LogP contribution is 2.39. The second-order valence-corrected chi connectivity index (χ2v) is 7.15. The molecule has 0 radical (unpaired) electrons. The molecule has 1 aromatic carbocycles. The van der Waals surface area contributed by atoms with E-state index >= 15 is 0 Å². The molecule has 1 fully saturated rings. The van der Waals surface area contributed by atoms with Gasteiger partial charge in [-0.05, 0) is 18.4 Å². The van der Waals surface area contributed by atoms with E-state index in [4.69, 9.17) is 4.99 Å². The first-order valence-corrected chi connectivity index (χ1v) is 8.35. The largest absolute Gasteiger partial charge is 0.257 e. The highest BCUT2D eigenvalue weighted by molar-refractivity contribution is 9.09. The van der Waals surface area contributed by atoms with Crippen LogP contribution in [0.2, 0.25) is 0 Å². The summed E-state index contributed by atoms with van der Waals surface area (Å²) in [4.78, 5) is 5.30. The number of halogens is 1. The predicted molar refractivity (Wildman–Crippen MR) is 86.3 cm³/mol. The fourth-order valence-electron chi connectivity index (χ4n) is 2.45. The van der Waals surface area contributed by atoms with E-state index in [0.717, 1.165) is 10.7 Å². The number of nitrogens with one attached hydrogen (secondary N) is 1. The zero-order valence-corrected chi connectivity index (χ0v) is 12.9. The molecule has 5 heteroatoms. The van der Waals surface area contributed by atoms with E-state index in [9.17, 15) is 0 Å². The standard InChI is InChI=1S/C14H16BrN3S/c15-11-7-4-8-12-13(11)19-14(17-12)18-16-9-10-5-2-1-3-6-10/h1-3,5-6,9,11-13H,4,7-8H2,(H,17,18)/b16-9-/t11-,12+,13+/m1/s1. The summed E-state index contributed by atoms with van der Waals surface area (Å²) >= 11 is 5.58. The second-order valence-electron chi connectivity index (χ2n) is 4.81. The number of hydrogen-bond acceptors (Lipinski definition) is 4. The van der Waals surface area contributed by atoms with Crippen molar-refractivity contribution in [3.05, 3.63) is 35.9 Å². The fourth-order valence-corrected chi connectivity index (χ4v) is 4.65. The first-order valence-electron chi connectivity index (χ1n) is 6.55. The Morgan fingerprint density at radius 2 is 2.16 bits per heavy atom. The minimum atomic E-state index is 0.456. The molecule has 3 rings (SSSR count). The smallest absolute Gasteiger partial charge is 0.177 e. The number of alkyl halides is 1. The third-order valence-electron chi connectivity index (χ3n) is 3.42. The van der Waals surface area contributed by atoms with Crippen molar-refractivity contribution in [3.63, 3.8) is 0 Å². The van der Waals surface area contributed by atoms with Crippen LogP contribution in [0, 0.1) is 0 Å². The quantitative estimate of drug-likeness (QED) is 0.510. The molecule has 0 aromatic heterocycles. The summed E-state index contributed by atoms with van der Waals surface area (Å²) in [5.41, 5.74) is 4.16. The topological polar surface area (TPSA) is 36.8 Å². The average molecular weight is 338 g/mol. The van der Waals surface area contributed by atoms with Crippen LogP contribution < -0.4 is 5.43 Å². The van der Waals surface area contributed by atoms with Crippen LogP contribution in [-0.2, 0) is 0 Å². The molecule has 1 aliphatic heterocycles. The third kappa shape index (κ3) is 3.20.